The molecule has 2 heterocycles. The molecule has 1 aliphatic heterocycles. The number of rotatable bonds is 9. The van der Waals surface area contributed by atoms with Gasteiger partial charge in [-0.2, -0.15) is 0 Å². The van der Waals surface area contributed by atoms with E-state index >= 15 is 0 Å². The van der Waals surface area contributed by atoms with Gasteiger partial charge in [0.2, 0.25) is 5.91 Å². The van der Waals surface area contributed by atoms with E-state index in [0.717, 1.165) is 28.7 Å². The van der Waals surface area contributed by atoms with Crippen LogP contribution in [0, 0.1) is 6.92 Å². The van der Waals surface area contributed by atoms with Gasteiger partial charge < -0.3 is 9.47 Å². The van der Waals surface area contributed by atoms with E-state index in [2.05, 4.69) is 0 Å². The molecule has 0 spiro atoms. The number of methoxy groups -OCH3 is 1. The van der Waals surface area contributed by atoms with Crippen LogP contribution in [0.2, 0.25) is 0 Å². The fourth-order valence-corrected chi connectivity index (χ4v) is 6.34. The molecule has 0 saturated carbocycles. The third-order valence-corrected chi connectivity index (χ3v) is 8.52. The molecule has 0 N–H and O–H groups in total. The standard InChI is InChI=1S/C24H28N2O5S2/c1-17-10-11-20(30-2)22-23(17)32-24(25-22)26(15-19-9-6-13-31-19)21(27)12-14-33(28,29)16-18-7-4-3-5-8-18/h3-5,7-8,10-11,19H,6,9,12-16H2,1-2H3. The Hall–Kier alpha value is -2.49. The minimum atomic E-state index is -3.43. The molecule has 4 rings (SSSR count). The van der Waals surface area contributed by atoms with Crippen molar-refractivity contribution in [2.45, 2.75) is 38.0 Å². The molecule has 33 heavy (non-hydrogen) atoms. The average Bonchev–Trinajstić information content (AvgIpc) is 3.47. The summed E-state index contributed by atoms with van der Waals surface area (Å²) in [4.78, 5) is 19.6. The lowest BCUT2D eigenvalue weighted by molar-refractivity contribution is -0.118. The SMILES string of the molecule is COc1ccc(C)c2sc(N(CC3CCCO3)C(=O)CCS(=O)(=O)Cc3ccccc3)nc12. The number of carbonyl (C=O) groups excluding carboxylic acids is 1. The van der Waals surface area contributed by atoms with E-state index in [1.807, 2.05) is 37.3 Å². The first-order valence-electron chi connectivity index (χ1n) is 11.0. The van der Waals surface area contributed by atoms with Gasteiger partial charge in [0.15, 0.2) is 15.0 Å². The second kappa shape index (κ2) is 10.2. The lowest BCUT2D eigenvalue weighted by Crippen LogP contribution is -2.38. The van der Waals surface area contributed by atoms with E-state index < -0.39 is 9.84 Å². The molecule has 9 heteroatoms. The number of fused-ring (bicyclic) bond motifs is 1. The first-order chi connectivity index (χ1) is 15.9. The molecule has 1 fully saturated rings. The fraction of sp³-hybridized carbons (Fsp3) is 0.417. The summed E-state index contributed by atoms with van der Waals surface area (Å²) in [6.45, 7) is 3.02. The summed E-state index contributed by atoms with van der Waals surface area (Å²) in [6, 6.07) is 12.8. The van der Waals surface area contributed by atoms with E-state index in [9.17, 15) is 13.2 Å². The zero-order valence-electron chi connectivity index (χ0n) is 18.8. The van der Waals surface area contributed by atoms with Gasteiger partial charge in [-0.1, -0.05) is 47.7 Å². The number of hydrogen-bond acceptors (Lipinski definition) is 7. The van der Waals surface area contributed by atoms with Crippen molar-refractivity contribution >= 4 is 42.4 Å². The minimum Gasteiger partial charge on any atom is -0.494 e. The first-order valence-corrected chi connectivity index (χ1v) is 13.6. The van der Waals surface area contributed by atoms with E-state index in [4.69, 9.17) is 14.5 Å². The lowest BCUT2D eigenvalue weighted by atomic mass is 10.2. The summed E-state index contributed by atoms with van der Waals surface area (Å²) in [5.41, 5.74) is 2.47. The van der Waals surface area contributed by atoms with Crippen LogP contribution in [0.25, 0.3) is 10.2 Å². The van der Waals surface area contributed by atoms with Crippen molar-refractivity contribution < 1.29 is 22.7 Å². The summed E-state index contributed by atoms with van der Waals surface area (Å²) in [6.07, 6.45) is 1.63. The topological polar surface area (TPSA) is 85.8 Å². The predicted octanol–water partition coefficient (Wildman–Crippen LogP) is 4.13. The van der Waals surface area contributed by atoms with Crippen molar-refractivity contribution in [1.29, 1.82) is 0 Å². The van der Waals surface area contributed by atoms with Crippen molar-refractivity contribution in [3.05, 3.63) is 53.6 Å². The van der Waals surface area contributed by atoms with Crippen molar-refractivity contribution in [2.75, 3.05) is 30.9 Å². The molecule has 0 radical (unpaired) electrons. The molecule has 7 nitrogen and oxygen atoms in total. The molecule has 1 atom stereocenters. The van der Waals surface area contributed by atoms with Crippen molar-refractivity contribution in [3.8, 4) is 5.75 Å². The van der Waals surface area contributed by atoms with Crippen LogP contribution in [0.15, 0.2) is 42.5 Å². The molecule has 1 saturated heterocycles. The first kappa shape index (κ1) is 23.7. The number of amides is 1. The Morgan fingerprint density at radius 2 is 2.03 bits per heavy atom. The number of hydrogen-bond donors (Lipinski definition) is 0. The van der Waals surface area contributed by atoms with Crippen molar-refractivity contribution in [2.24, 2.45) is 0 Å². The quantitative estimate of drug-likeness (QED) is 0.450. The summed E-state index contributed by atoms with van der Waals surface area (Å²) >= 11 is 1.42. The van der Waals surface area contributed by atoms with Crippen molar-refractivity contribution in [1.82, 2.24) is 4.98 Å². The highest BCUT2D eigenvalue weighted by molar-refractivity contribution is 7.90. The molecule has 1 unspecified atom stereocenters. The third kappa shape index (κ3) is 5.72. The van der Waals surface area contributed by atoms with Gasteiger partial charge in [-0.25, -0.2) is 13.4 Å². The van der Waals surface area contributed by atoms with Crippen LogP contribution in [-0.2, 0) is 25.1 Å². The Kier molecular flexibility index (Phi) is 7.31. The second-order valence-corrected chi connectivity index (χ2v) is 11.4. The molecule has 3 aromatic rings. The largest absolute Gasteiger partial charge is 0.494 e. The Morgan fingerprint density at radius 1 is 1.24 bits per heavy atom. The fourth-order valence-electron chi connectivity index (χ4n) is 3.94. The molecule has 1 aliphatic rings. The van der Waals surface area contributed by atoms with E-state index in [0.29, 0.717) is 29.5 Å². The molecular formula is C24H28N2O5S2. The van der Waals surface area contributed by atoms with Gasteiger partial charge >= 0.3 is 0 Å². The second-order valence-electron chi connectivity index (χ2n) is 8.23. The highest BCUT2D eigenvalue weighted by atomic mass is 32.2. The number of carbonyl (C=O) groups is 1. The van der Waals surface area contributed by atoms with E-state index in [1.54, 1.807) is 24.1 Å². The summed E-state index contributed by atoms with van der Waals surface area (Å²) in [5, 5.41) is 0.540. The maximum absolute atomic E-state index is 13.3. The number of nitrogens with zero attached hydrogens (tertiary/aromatic N) is 2. The smallest absolute Gasteiger partial charge is 0.229 e. The van der Waals surface area contributed by atoms with Crippen LogP contribution in [-0.4, -0.2) is 51.4 Å². The molecular weight excluding hydrogens is 460 g/mol. The number of benzene rings is 2. The Bertz CT molecular complexity index is 1220. The number of aryl methyl sites for hydroxylation is 1. The zero-order valence-corrected chi connectivity index (χ0v) is 20.5. The van der Waals surface area contributed by atoms with Gasteiger partial charge in [0.1, 0.15) is 11.3 Å². The third-order valence-electron chi connectivity index (χ3n) is 5.71. The number of anilines is 1. The van der Waals surface area contributed by atoms with Gasteiger partial charge in [-0.15, -0.1) is 0 Å². The molecule has 1 amide bonds. The number of ether oxygens (including phenoxy) is 2. The van der Waals surface area contributed by atoms with Gasteiger partial charge in [0, 0.05) is 13.0 Å². The van der Waals surface area contributed by atoms with Crippen LogP contribution in [0.3, 0.4) is 0 Å². The monoisotopic (exact) mass is 488 g/mol. The van der Waals surface area contributed by atoms with Crippen LogP contribution in [0.5, 0.6) is 5.75 Å². The van der Waals surface area contributed by atoms with Gasteiger partial charge in [-0.05, 0) is 37.0 Å². The number of aromatic nitrogens is 1. The molecule has 0 bridgehead atoms. The normalized spacial score (nSPS) is 16.2. The average molecular weight is 489 g/mol. The van der Waals surface area contributed by atoms with E-state index in [-0.39, 0.29) is 29.9 Å². The highest BCUT2D eigenvalue weighted by Crippen LogP contribution is 2.37. The number of thiazole rings is 1. The zero-order chi connectivity index (χ0) is 23.4. The minimum absolute atomic E-state index is 0.0788. The lowest BCUT2D eigenvalue weighted by Gasteiger charge is -2.23. The molecule has 176 valence electrons. The maximum atomic E-state index is 13.3. The number of sulfone groups is 1. The molecule has 0 aliphatic carbocycles. The summed E-state index contributed by atoms with van der Waals surface area (Å²) < 4.78 is 37.5. The van der Waals surface area contributed by atoms with Crippen LogP contribution in [0.4, 0.5) is 5.13 Å². The molecule has 1 aromatic heterocycles. The highest BCUT2D eigenvalue weighted by Gasteiger charge is 2.28. The Labute approximate surface area is 198 Å². The Balaban J connectivity index is 1.56. The van der Waals surface area contributed by atoms with Crippen LogP contribution < -0.4 is 9.64 Å². The summed E-state index contributed by atoms with van der Waals surface area (Å²) in [7, 11) is -1.84. The van der Waals surface area contributed by atoms with Crippen LogP contribution in [0.1, 0.15) is 30.4 Å². The van der Waals surface area contributed by atoms with E-state index in [1.165, 1.54) is 11.3 Å². The summed E-state index contributed by atoms with van der Waals surface area (Å²) in [5.74, 6) is 0.0891. The van der Waals surface area contributed by atoms with Gasteiger partial charge in [-0.3, -0.25) is 9.69 Å². The molecule has 2 aromatic carbocycles. The van der Waals surface area contributed by atoms with Crippen molar-refractivity contribution in [3.63, 3.8) is 0 Å². The maximum Gasteiger partial charge on any atom is 0.229 e. The Morgan fingerprint density at radius 3 is 2.73 bits per heavy atom. The predicted molar refractivity (Wildman–Crippen MR) is 131 cm³/mol. The van der Waals surface area contributed by atoms with Crippen LogP contribution >= 0.6 is 11.3 Å². The van der Waals surface area contributed by atoms with Gasteiger partial charge in [0.05, 0.1) is 36.0 Å². The van der Waals surface area contributed by atoms with Gasteiger partial charge in [0.25, 0.3) is 0 Å².